The number of fused-ring (bicyclic) bond motifs is 16. The van der Waals surface area contributed by atoms with E-state index < -0.39 is 5.41 Å². The fourth-order valence-electron chi connectivity index (χ4n) is 14.2. The van der Waals surface area contributed by atoms with E-state index in [0.717, 1.165) is 95.1 Å². The lowest BCUT2D eigenvalue weighted by atomic mass is 9.72. The molecule has 2 aliphatic carbocycles. The number of furan rings is 1. The van der Waals surface area contributed by atoms with E-state index in [9.17, 15) is 0 Å². The minimum Gasteiger partial charge on any atom is -0.455 e. The molecule has 0 aliphatic heterocycles. The maximum atomic E-state index is 7.46. The second-order valence-electron chi connectivity index (χ2n) is 26.0. The molecule has 0 bridgehead atoms. The summed E-state index contributed by atoms with van der Waals surface area (Å²) in [4.78, 5) is 10.5. The Bertz CT molecular complexity index is 5060. The van der Waals surface area contributed by atoms with Gasteiger partial charge in [0.05, 0.1) is 22.2 Å². The Balaban J connectivity index is 0.950. The van der Waals surface area contributed by atoms with Gasteiger partial charge in [-0.25, -0.2) is 0 Å². The van der Waals surface area contributed by atoms with Crippen LogP contribution in [-0.2, 0) is 16.2 Å². The average molecular weight is 1120 g/mol. The van der Waals surface area contributed by atoms with Gasteiger partial charge in [-0.3, -0.25) is 4.98 Å². The lowest BCUT2D eigenvalue weighted by Gasteiger charge is -2.33. The third-order valence-electron chi connectivity index (χ3n) is 18.6. The van der Waals surface area contributed by atoms with Crippen LogP contribution in [0.25, 0.3) is 88.0 Å². The highest BCUT2D eigenvalue weighted by molar-refractivity contribution is 6.20. The second kappa shape index (κ2) is 19.6. The van der Waals surface area contributed by atoms with E-state index in [0.29, 0.717) is 0 Å². The van der Waals surface area contributed by atoms with Gasteiger partial charge in [0, 0.05) is 51.1 Å². The Kier molecular flexibility index (Phi) is 11.8. The van der Waals surface area contributed by atoms with Crippen molar-refractivity contribution in [2.75, 3.05) is 9.80 Å². The third kappa shape index (κ3) is 8.37. The summed E-state index contributed by atoms with van der Waals surface area (Å²) in [5.41, 5.74) is 24.6. The summed E-state index contributed by atoms with van der Waals surface area (Å²) >= 11 is 0. The van der Waals surface area contributed by atoms with E-state index in [1.165, 1.54) is 66.1 Å². The third-order valence-corrected chi connectivity index (χ3v) is 18.6. The molecular weight excluding hydrogens is 1050 g/mol. The van der Waals surface area contributed by atoms with Crippen molar-refractivity contribution >= 4 is 77.6 Å². The van der Waals surface area contributed by atoms with Crippen molar-refractivity contribution in [1.82, 2.24) is 4.98 Å². The summed E-state index contributed by atoms with van der Waals surface area (Å²) in [5.74, 6) is 0. The van der Waals surface area contributed by atoms with Crippen molar-refractivity contribution in [2.45, 2.75) is 64.7 Å². The highest BCUT2D eigenvalue weighted by atomic mass is 16.3. The zero-order valence-electron chi connectivity index (χ0n) is 50.2. The van der Waals surface area contributed by atoms with Crippen LogP contribution in [0.4, 0.5) is 34.1 Å². The maximum absolute atomic E-state index is 7.46. The molecule has 1 unspecified atom stereocenters. The van der Waals surface area contributed by atoms with Crippen LogP contribution >= 0.6 is 0 Å². The molecule has 14 aromatic rings. The first-order chi connectivity index (χ1) is 42.3. The van der Waals surface area contributed by atoms with Crippen LogP contribution in [0.3, 0.4) is 0 Å². The lowest BCUT2D eigenvalue weighted by molar-refractivity contribution is 0.590. The van der Waals surface area contributed by atoms with Crippen molar-refractivity contribution in [2.24, 2.45) is 0 Å². The van der Waals surface area contributed by atoms with E-state index in [-0.39, 0.29) is 10.8 Å². The van der Waals surface area contributed by atoms with Gasteiger partial charge in [-0.15, -0.1) is 0 Å². The lowest BCUT2D eigenvalue weighted by Crippen LogP contribution is -2.27. The van der Waals surface area contributed by atoms with E-state index in [1.54, 1.807) is 0 Å². The number of benzene rings is 12. The number of rotatable bonds is 8. The highest BCUT2D eigenvalue weighted by Gasteiger charge is 2.55. The van der Waals surface area contributed by atoms with Gasteiger partial charge in [-0.05, 0) is 197 Å². The highest BCUT2D eigenvalue weighted by Crippen LogP contribution is 2.66. The van der Waals surface area contributed by atoms with E-state index in [4.69, 9.17) is 9.40 Å². The molecule has 87 heavy (non-hydrogen) atoms. The fraction of sp³-hybridized carbons (Fsp3) is 0.120. The van der Waals surface area contributed by atoms with E-state index >= 15 is 0 Å². The number of anilines is 6. The van der Waals surface area contributed by atoms with Crippen molar-refractivity contribution in [3.63, 3.8) is 0 Å². The first-order valence-corrected chi connectivity index (χ1v) is 30.5. The first-order valence-electron chi connectivity index (χ1n) is 30.5. The monoisotopic (exact) mass is 1120 g/mol. The Morgan fingerprint density at radius 2 is 0.874 bits per heavy atom. The average Bonchev–Trinajstić information content (AvgIpc) is 1.50. The topological polar surface area (TPSA) is 32.5 Å². The van der Waals surface area contributed by atoms with Gasteiger partial charge in [-0.2, -0.15) is 0 Å². The molecule has 0 N–H and O–H groups in total. The van der Waals surface area contributed by atoms with Gasteiger partial charge in [0.15, 0.2) is 0 Å². The molecule has 16 rings (SSSR count). The molecule has 0 fully saturated rings. The first kappa shape index (κ1) is 52.3. The van der Waals surface area contributed by atoms with Gasteiger partial charge in [0.25, 0.3) is 0 Å². The molecule has 0 radical (unpaired) electrons. The molecule has 1 spiro atoms. The molecule has 2 heterocycles. The second-order valence-corrected chi connectivity index (χ2v) is 26.0. The van der Waals surface area contributed by atoms with Crippen LogP contribution in [-0.4, -0.2) is 4.98 Å². The molecule has 4 nitrogen and oxygen atoms in total. The number of para-hydroxylation sites is 1. The SMILES string of the molecule is Cc1cnc2c(c1)-c1ccccc1C21c2cc(N(c3ccc(-c4ccc5ccccc5c4)cc3)c3ccc(C(C)(C)C)cc3)ccc2-c2c1cc(N(c1ccc(-c3ccc4ccccc4c3)cc1)c1ccc(C(C)(C)C)cc1)c1c2oc2ccccc21. The molecule has 0 saturated heterocycles. The Morgan fingerprint density at radius 1 is 0.379 bits per heavy atom. The molecule has 12 aromatic carbocycles. The summed E-state index contributed by atoms with van der Waals surface area (Å²) < 4.78 is 7.46. The molecule has 4 heteroatoms. The standard InChI is InChI=1S/C83H65N3O/c1-52-46-71-68-20-12-14-22-72(68)83(80(71)84-51-52)73-49-67(85(64-40-32-61(33-41-64)81(2,3)4)63-36-28-55(29-37-63)59-26-24-53-16-8-10-18-57(53)47-59)44-45-69(73)77-74(83)50-75(78-70-21-13-15-23-76(70)87-79(77)78)86(66-42-34-62(35-43-66)82(5,6)7)65-38-30-56(31-39-65)60-27-25-54-17-9-11-19-58(54)48-60/h8-51H,1-7H3. The van der Waals surface area contributed by atoms with Gasteiger partial charge in [0.1, 0.15) is 11.2 Å². The van der Waals surface area contributed by atoms with Crippen LogP contribution in [0.2, 0.25) is 0 Å². The van der Waals surface area contributed by atoms with Crippen molar-refractivity contribution in [3.05, 3.63) is 306 Å². The maximum Gasteiger partial charge on any atom is 0.145 e. The Morgan fingerprint density at radius 3 is 1.46 bits per heavy atom. The molecule has 1 atom stereocenters. The van der Waals surface area contributed by atoms with E-state index in [2.05, 4.69) is 325 Å². The smallest absolute Gasteiger partial charge is 0.145 e. The summed E-state index contributed by atoms with van der Waals surface area (Å²) in [6, 6.07) is 97.0. The van der Waals surface area contributed by atoms with Crippen LogP contribution in [0.1, 0.15) is 80.6 Å². The molecular formula is C83H65N3O. The number of hydrogen-bond acceptors (Lipinski definition) is 4. The Labute approximate surface area is 509 Å². The van der Waals surface area contributed by atoms with Crippen molar-refractivity contribution in [1.29, 1.82) is 0 Å². The molecule has 0 saturated carbocycles. The zero-order valence-corrected chi connectivity index (χ0v) is 50.2. The summed E-state index contributed by atoms with van der Waals surface area (Å²) in [7, 11) is 0. The largest absolute Gasteiger partial charge is 0.455 e. The fourth-order valence-corrected chi connectivity index (χ4v) is 14.2. The van der Waals surface area contributed by atoms with Crippen LogP contribution in [0.15, 0.2) is 271 Å². The number of aryl methyl sites for hydroxylation is 1. The van der Waals surface area contributed by atoms with Gasteiger partial charge >= 0.3 is 0 Å². The predicted octanol–water partition coefficient (Wildman–Crippen LogP) is 22.8. The van der Waals surface area contributed by atoms with Gasteiger partial charge in [0.2, 0.25) is 0 Å². The molecule has 2 aromatic heterocycles. The van der Waals surface area contributed by atoms with E-state index in [1.807, 2.05) is 0 Å². The van der Waals surface area contributed by atoms with Crippen LogP contribution in [0.5, 0.6) is 0 Å². The summed E-state index contributed by atoms with van der Waals surface area (Å²) in [6.07, 6.45) is 2.06. The van der Waals surface area contributed by atoms with Crippen LogP contribution < -0.4 is 9.80 Å². The van der Waals surface area contributed by atoms with Crippen molar-refractivity contribution < 1.29 is 4.42 Å². The van der Waals surface area contributed by atoms with Gasteiger partial charge < -0.3 is 14.2 Å². The predicted molar refractivity (Wildman–Crippen MR) is 365 cm³/mol. The number of nitrogens with zero attached hydrogens (tertiary/aromatic N) is 3. The van der Waals surface area contributed by atoms with Gasteiger partial charge in [-0.1, -0.05) is 211 Å². The number of aromatic nitrogens is 1. The number of pyridine rings is 1. The minimum absolute atomic E-state index is 0.0150. The molecule has 418 valence electrons. The molecule has 2 aliphatic rings. The minimum atomic E-state index is -0.856. The Hall–Kier alpha value is -10.3. The summed E-state index contributed by atoms with van der Waals surface area (Å²) in [5, 5.41) is 7.05. The van der Waals surface area contributed by atoms with Crippen molar-refractivity contribution in [3.8, 4) is 44.5 Å². The zero-order chi connectivity index (χ0) is 58.9. The number of hydrogen-bond donors (Lipinski definition) is 0. The molecule has 0 amide bonds. The quantitative estimate of drug-likeness (QED) is 0.152. The summed E-state index contributed by atoms with van der Waals surface area (Å²) in [6.45, 7) is 15.9. The normalized spacial score (nSPS) is 14.2. The van der Waals surface area contributed by atoms with Crippen LogP contribution in [0, 0.1) is 6.92 Å².